The van der Waals surface area contributed by atoms with E-state index in [0.29, 0.717) is 0 Å². The monoisotopic (exact) mass is 336 g/mol. The zero-order valence-corrected chi connectivity index (χ0v) is 14.1. The van der Waals surface area contributed by atoms with Crippen molar-refractivity contribution in [3.63, 3.8) is 0 Å². The van der Waals surface area contributed by atoms with Crippen LogP contribution in [0.5, 0.6) is 0 Å². The van der Waals surface area contributed by atoms with E-state index in [1.807, 2.05) is 60.8 Å². The van der Waals surface area contributed by atoms with Gasteiger partial charge in [0.05, 0.1) is 34.0 Å². The molecule has 0 saturated carbocycles. The number of benzene rings is 3. The van der Waals surface area contributed by atoms with Crippen molar-refractivity contribution < 1.29 is 0 Å². The van der Waals surface area contributed by atoms with Gasteiger partial charge >= 0.3 is 0 Å². The molecule has 0 fully saturated rings. The zero-order valence-electron chi connectivity index (χ0n) is 14.1. The molecule has 4 nitrogen and oxygen atoms in total. The van der Waals surface area contributed by atoms with Crippen LogP contribution in [0.1, 0.15) is 11.4 Å². The molecule has 0 radical (unpaired) electrons. The molecular weight excluding hydrogens is 320 g/mol. The van der Waals surface area contributed by atoms with E-state index in [1.165, 1.54) is 5.56 Å². The Labute approximate surface area is 150 Å². The normalized spacial score (nSPS) is 11.2. The molecule has 0 aliphatic carbocycles. The molecule has 0 aliphatic rings. The number of hydrogen-bond acceptors (Lipinski definition) is 3. The lowest BCUT2D eigenvalue weighted by molar-refractivity contribution is 1.04. The first-order chi connectivity index (χ1) is 12.9. The number of para-hydroxylation sites is 4. The third-order valence-electron chi connectivity index (χ3n) is 4.54. The fourth-order valence-corrected chi connectivity index (χ4v) is 3.28. The summed E-state index contributed by atoms with van der Waals surface area (Å²) >= 11 is 0. The van der Waals surface area contributed by atoms with Crippen molar-refractivity contribution in [3.05, 3.63) is 90.4 Å². The minimum Gasteiger partial charge on any atom is -0.342 e. The number of aromatic amines is 1. The van der Waals surface area contributed by atoms with Gasteiger partial charge in [0.2, 0.25) is 0 Å². The average Bonchev–Trinajstić information content (AvgIpc) is 3.10. The van der Waals surface area contributed by atoms with Crippen LogP contribution in [0.15, 0.2) is 79.0 Å². The lowest BCUT2D eigenvalue weighted by Crippen LogP contribution is -1.96. The summed E-state index contributed by atoms with van der Waals surface area (Å²) in [7, 11) is 0. The Bertz CT molecular complexity index is 1190. The molecule has 0 unspecified atom stereocenters. The molecule has 0 aliphatic heterocycles. The lowest BCUT2D eigenvalue weighted by Gasteiger charge is -2.08. The predicted molar refractivity (Wildman–Crippen MR) is 104 cm³/mol. The minimum absolute atomic E-state index is 0.722. The van der Waals surface area contributed by atoms with Gasteiger partial charge in [0.1, 0.15) is 5.82 Å². The Morgan fingerprint density at radius 3 is 2.31 bits per heavy atom. The number of fused-ring (bicyclic) bond motifs is 2. The van der Waals surface area contributed by atoms with Crippen LogP contribution in [0.4, 0.5) is 0 Å². The summed E-state index contributed by atoms with van der Waals surface area (Å²) in [5, 5.41) is 0. The van der Waals surface area contributed by atoms with Crippen LogP contribution in [0.3, 0.4) is 0 Å². The average molecular weight is 336 g/mol. The molecule has 5 rings (SSSR count). The van der Waals surface area contributed by atoms with Crippen molar-refractivity contribution in [1.29, 1.82) is 0 Å². The van der Waals surface area contributed by atoms with Gasteiger partial charge < -0.3 is 4.98 Å². The fraction of sp³-hybridized carbons (Fsp3) is 0.0455. The van der Waals surface area contributed by atoms with Gasteiger partial charge in [-0.3, -0.25) is 4.98 Å². The van der Waals surface area contributed by atoms with Crippen LogP contribution in [0.25, 0.3) is 33.3 Å². The van der Waals surface area contributed by atoms with Gasteiger partial charge in [-0.05, 0) is 29.8 Å². The summed E-state index contributed by atoms with van der Waals surface area (Å²) in [5.74, 6) is 0.951. The first kappa shape index (κ1) is 14.8. The maximum atomic E-state index is 4.80. The van der Waals surface area contributed by atoms with Gasteiger partial charge in [-0.2, -0.15) is 0 Å². The second-order valence-electron chi connectivity index (χ2n) is 6.28. The van der Waals surface area contributed by atoms with E-state index in [0.717, 1.165) is 45.6 Å². The highest BCUT2D eigenvalue weighted by Gasteiger charge is 2.10. The minimum atomic E-state index is 0.722. The van der Waals surface area contributed by atoms with Crippen LogP contribution < -0.4 is 0 Å². The lowest BCUT2D eigenvalue weighted by atomic mass is 10.0. The molecule has 0 spiro atoms. The Kier molecular flexibility index (Phi) is 3.46. The number of hydrogen-bond donors (Lipinski definition) is 1. The maximum absolute atomic E-state index is 4.80. The molecule has 4 heteroatoms. The van der Waals surface area contributed by atoms with Gasteiger partial charge in [-0.15, -0.1) is 0 Å². The van der Waals surface area contributed by atoms with E-state index in [2.05, 4.69) is 28.2 Å². The summed E-state index contributed by atoms with van der Waals surface area (Å²) in [6, 6.07) is 24.3. The van der Waals surface area contributed by atoms with Crippen molar-refractivity contribution >= 4 is 22.1 Å². The fourth-order valence-electron chi connectivity index (χ4n) is 3.28. The highest BCUT2D eigenvalue weighted by atomic mass is 14.9. The van der Waals surface area contributed by atoms with Gasteiger partial charge in [-0.25, -0.2) is 9.97 Å². The van der Waals surface area contributed by atoms with E-state index in [-0.39, 0.29) is 0 Å². The van der Waals surface area contributed by atoms with Crippen molar-refractivity contribution in [3.8, 4) is 11.3 Å². The zero-order chi connectivity index (χ0) is 17.3. The number of aromatic nitrogens is 4. The van der Waals surface area contributed by atoms with Crippen LogP contribution in [-0.2, 0) is 6.42 Å². The molecule has 2 aromatic heterocycles. The third-order valence-corrected chi connectivity index (χ3v) is 4.54. The molecule has 5 aromatic rings. The van der Waals surface area contributed by atoms with Crippen molar-refractivity contribution in [2.24, 2.45) is 0 Å². The summed E-state index contributed by atoms with van der Waals surface area (Å²) in [4.78, 5) is 17.5. The predicted octanol–water partition coefficient (Wildman–Crippen LogP) is 4.76. The molecule has 3 aromatic carbocycles. The van der Waals surface area contributed by atoms with E-state index in [1.54, 1.807) is 0 Å². The number of H-pyrrole nitrogens is 1. The SMILES string of the molecule is c1ccc(-c2cnc3ccccc3n2)c(Cc2nc3ccccc3[nH]2)c1. The Morgan fingerprint density at radius 1 is 0.692 bits per heavy atom. The van der Waals surface area contributed by atoms with Crippen molar-refractivity contribution in [2.45, 2.75) is 6.42 Å². The summed E-state index contributed by atoms with van der Waals surface area (Å²) in [5.41, 5.74) is 7.02. The molecule has 0 atom stereocenters. The quantitative estimate of drug-likeness (QED) is 0.516. The van der Waals surface area contributed by atoms with E-state index in [9.17, 15) is 0 Å². The molecule has 0 bridgehead atoms. The number of imidazole rings is 1. The number of rotatable bonds is 3. The molecule has 124 valence electrons. The second kappa shape index (κ2) is 6.08. The van der Waals surface area contributed by atoms with Gasteiger partial charge in [0.25, 0.3) is 0 Å². The topological polar surface area (TPSA) is 54.5 Å². The molecule has 1 N–H and O–H groups in total. The van der Waals surface area contributed by atoms with Crippen LogP contribution in [-0.4, -0.2) is 19.9 Å². The Morgan fingerprint density at radius 2 is 1.42 bits per heavy atom. The van der Waals surface area contributed by atoms with E-state index >= 15 is 0 Å². The summed E-state index contributed by atoms with van der Waals surface area (Å²) in [6.07, 6.45) is 2.57. The molecule has 0 saturated heterocycles. The number of nitrogens with one attached hydrogen (secondary N) is 1. The maximum Gasteiger partial charge on any atom is 0.111 e. The van der Waals surface area contributed by atoms with E-state index in [4.69, 9.17) is 9.97 Å². The first-order valence-corrected chi connectivity index (χ1v) is 8.60. The molecule has 0 amide bonds. The summed E-state index contributed by atoms with van der Waals surface area (Å²) < 4.78 is 0. The van der Waals surface area contributed by atoms with E-state index < -0.39 is 0 Å². The first-order valence-electron chi connectivity index (χ1n) is 8.60. The Balaban J connectivity index is 1.57. The molecular formula is C22H16N4. The van der Waals surface area contributed by atoms with Gasteiger partial charge in [0, 0.05) is 12.0 Å². The number of nitrogens with zero attached hydrogens (tertiary/aromatic N) is 3. The van der Waals surface area contributed by atoms with Gasteiger partial charge in [0.15, 0.2) is 0 Å². The molecule has 2 heterocycles. The summed E-state index contributed by atoms with van der Waals surface area (Å²) in [6.45, 7) is 0. The Hall–Kier alpha value is -3.53. The third kappa shape index (κ3) is 2.62. The second-order valence-corrected chi connectivity index (χ2v) is 6.28. The highest BCUT2D eigenvalue weighted by Crippen LogP contribution is 2.25. The van der Waals surface area contributed by atoms with Crippen LogP contribution >= 0.6 is 0 Å². The smallest absolute Gasteiger partial charge is 0.111 e. The van der Waals surface area contributed by atoms with Gasteiger partial charge in [-0.1, -0.05) is 48.5 Å². The van der Waals surface area contributed by atoms with Crippen LogP contribution in [0.2, 0.25) is 0 Å². The largest absolute Gasteiger partial charge is 0.342 e. The standard InChI is InChI=1S/C22H16N4/c1-2-8-16(21-14-23-17-9-3-4-10-18(17)24-21)15(7-1)13-22-25-19-11-5-6-12-20(19)26-22/h1-12,14H,13H2,(H,25,26). The van der Waals surface area contributed by atoms with Crippen LogP contribution in [0, 0.1) is 0 Å². The highest BCUT2D eigenvalue weighted by molar-refractivity contribution is 5.78. The van der Waals surface area contributed by atoms with Crippen molar-refractivity contribution in [2.75, 3.05) is 0 Å². The van der Waals surface area contributed by atoms with Crippen molar-refractivity contribution in [1.82, 2.24) is 19.9 Å². The molecule has 26 heavy (non-hydrogen) atoms.